The molecular formula is C23H26N4O2. The Morgan fingerprint density at radius 2 is 1.83 bits per heavy atom. The molecule has 6 heteroatoms. The van der Waals surface area contributed by atoms with E-state index in [9.17, 15) is 9.90 Å². The molecule has 1 fully saturated rings. The van der Waals surface area contributed by atoms with Crippen molar-refractivity contribution in [1.29, 1.82) is 0 Å². The summed E-state index contributed by atoms with van der Waals surface area (Å²) in [6, 6.07) is 17.6. The number of para-hydroxylation sites is 1. The Labute approximate surface area is 170 Å². The minimum atomic E-state index is -0.235. The highest BCUT2D eigenvalue weighted by atomic mass is 16.3. The van der Waals surface area contributed by atoms with Crippen LogP contribution in [0.1, 0.15) is 41.6 Å². The second kappa shape index (κ2) is 8.41. The van der Waals surface area contributed by atoms with E-state index >= 15 is 0 Å². The topological polar surface area (TPSA) is 90.6 Å². The Balaban J connectivity index is 1.55. The first-order valence-electron chi connectivity index (χ1n) is 9.98. The fourth-order valence-corrected chi connectivity index (χ4v) is 3.80. The number of benzene rings is 2. The fraction of sp³-hybridized carbons (Fsp3) is 0.261. The summed E-state index contributed by atoms with van der Waals surface area (Å²) in [7, 11) is 0. The molecule has 0 bridgehead atoms. The summed E-state index contributed by atoms with van der Waals surface area (Å²) in [5, 5.41) is 15.8. The lowest BCUT2D eigenvalue weighted by atomic mass is 9.93. The molecule has 0 spiro atoms. The third-order valence-electron chi connectivity index (χ3n) is 5.39. The van der Waals surface area contributed by atoms with E-state index in [1.54, 1.807) is 0 Å². The lowest BCUT2D eigenvalue weighted by molar-refractivity contribution is 0.0867. The fourth-order valence-electron chi connectivity index (χ4n) is 3.80. The van der Waals surface area contributed by atoms with E-state index in [0.717, 1.165) is 42.6 Å². The molecule has 29 heavy (non-hydrogen) atoms. The molecule has 0 aromatic heterocycles. The largest absolute Gasteiger partial charge is 0.393 e. The lowest BCUT2D eigenvalue weighted by Crippen LogP contribution is -2.38. The molecular weight excluding hydrogens is 364 g/mol. The zero-order chi connectivity index (χ0) is 20.2. The molecule has 0 unspecified atom stereocenters. The summed E-state index contributed by atoms with van der Waals surface area (Å²) in [6.07, 6.45) is 6.56. The molecule has 1 amide bonds. The Kier molecular flexibility index (Phi) is 5.53. The number of aliphatic hydroxyl groups is 1. The lowest BCUT2D eigenvalue weighted by Gasteiger charge is -2.28. The van der Waals surface area contributed by atoms with Crippen molar-refractivity contribution in [1.82, 2.24) is 10.6 Å². The minimum Gasteiger partial charge on any atom is -0.393 e. The van der Waals surface area contributed by atoms with Crippen molar-refractivity contribution in [2.75, 3.05) is 4.90 Å². The quantitative estimate of drug-likeness (QED) is 0.645. The van der Waals surface area contributed by atoms with E-state index in [2.05, 4.69) is 10.6 Å². The first-order valence-corrected chi connectivity index (χ1v) is 9.98. The summed E-state index contributed by atoms with van der Waals surface area (Å²) in [6.45, 7) is 0. The third kappa shape index (κ3) is 4.43. The second-order valence-corrected chi connectivity index (χ2v) is 7.52. The van der Waals surface area contributed by atoms with Crippen LogP contribution in [0.3, 0.4) is 0 Å². The van der Waals surface area contributed by atoms with Gasteiger partial charge in [-0.05, 0) is 49.9 Å². The Bertz CT molecular complexity index is 931. The van der Waals surface area contributed by atoms with E-state index < -0.39 is 0 Å². The van der Waals surface area contributed by atoms with Crippen LogP contribution in [0.25, 0.3) is 5.70 Å². The molecule has 2 aromatic carbocycles. The van der Waals surface area contributed by atoms with E-state index in [1.165, 1.54) is 0 Å². The number of nitrogens with two attached hydrogens (primary N) is 1. The van der Waals surface area contributed by atoms with Crippen LogP contribution in [0, 0.1) is 0 Å². The van der Waals surface area contributed by atoms with Crippen LogP contribution in [-0.4, -0.2) is 23.2 Å². The number of rotatable bonds is 4. The second-order valence-electron chi connectivity index (χ2n) is 7.52. The molecule has 2 aromatic rings. The predicted octanol–water partition coefficient (Wildman–Crippen LogP) is 2.89. The van der Waals surface area contributed by atoms with Gasteiger partial charge in [-0.3, -0.25) is 4.79 Å². The normalized spacial score (nSPS) is 21.6. The highest BCUT2D eigenvalue weighted by molar-refractivity contribution is 5.96. The molecule has 150 valence electrons. The maximum absolute atomic E-state index is 12.8. The monoisotopic (exact) mass is 390 g/mol. The third-order valence-corrected chi connectivity index (χ3v) is 5.39. The van der Waals surface area contributed by atoms with Crippen LogP contribution in [-0.2, 0) is 0 Å². The molecule has 1 saturated carbocycles. The minimum absolute atomic E-state index is 0.0843. The molecule has 1 aliphatic carbocycles. The van der Waals surface area contributed by atoms with E-state index in [0.29, 0.717) is 11.4 Å². The number of nitrogens with zero attached hydrogens (tertiary/aromatic N) is 1. The number of carbonyl (C=O) groups is 1. The van der Waals surface area contributed by atoms with E-state index in [-0.39, 0.29) is 18.1 Å². The SMILES string of the molecule is NC1=CN(c2ccccc2)C(c2cccc(C(=O)NC3CCC(O)CC3)c2)=CN1. The van der Waals surface area contributed by atoms with E-state index in [4.69, 9.17) is 5.73 Å². The van der Waals surface area contributed by atoms with Crippen LogP contribution >= 0.6 is 0 Å². The first-order chi connectivity index (χ1) is 14.1. The van der Waals surface area contributed by atoms with Gasteiger partial charge in [0.25, 0.3) is 5.91 Å². The number of carbonyl (C=O) groups excluding carboxylic acids is 1. The number of hydrogen-bond acceptors (Lipinski definition) is 5. The van der Waals surface area contributed by atoms with Crippen molar-refractivity contribution in [2.24, 2.45) is 5.73 Å². The predicted molar refractivity (Wildman–Crippen MR) is 114 cm³/mol. The van der Waals surface area contributed by atoms with Crippen LogP contribution in [0.5, 0.6) is 0 Å². The Hall–Kier alpha value is -3.25. The van der Waals surface area contributed by atoms with Gasteiger partial charge in [0, 0.05) is 35.3 Å². The average molecular weight is 390 g/mol. The smallest absolute Gasteiger partial charge is 0.251 e. The molecule has 0 atom stereocenters. The zero-order valence-corrected chi connectivity index (χ0v) is 16.2. The van der Waals surface area contributed by atoms with Gasteiger partial charge in [-0.1, -0.05) is 30.3 Å². The molecule has 4 rings (SSSR count). The molecule has 0 radical (unpaired) electrons. The van der Waals surface area contributed by atoms with Crippen molar-refractivity contribution in [3.05, 3.63) is 83.9 Å². The summed E-state index contributed by atoms with van der Waals surface area (Å²) in [5.41, 5.74) is 9.39. The van der Waals surface area contributed by atoms with Crippen molar-refractivity contribution in [3.8, 4) is 0 Å². The number of hydrogen-bond donors (Lipinski definition) is 4. The maximum Gasteiger partial charge on any atom is 0.251 e. The van der Waals surface area contributed by atoms with Gasteiger partial charge in [0.2, 0.25) is 0 Å². The molecule has 1 aliphatic heterocycles. The van der Waals surface area contributed by atoms with Gasteiger partial charge in [-0.15, -0.1) is 0 Å². The maximum atomic E-state index is 12.8. The number of aliphatic hydroxyl groups excluding tert-OH is 1. The Morgan fingerprint density at radius 3 is 2.59 bits per heavy atom. The van der Waals surface area contributed by atoms with Crippen molar-refractivity contribution >= 4 is 17.3 Å². The van der Waals surface area contributed by atoms with Crippen LogP contribution in [0.4, 0.5) is 5.69 Å². The molecule has 2 aliphatic rings. The van der Waals surface area contributed by atoms with Crippen molar-refractivity contribution in [2.45, 2.75) is 37.8 Å². The summed E-state index contributed by atoms with van der Waals surface area (Å²) in [5.74, 6) is 0.463. The number of amides is 1. The van der Waals surface area contributed by atoms with Gasteiger partial charge in [0.05, 0.1) is 11.8 Å². The summed E-state index contributed by atoms with van der Waals surface area (Å²) < 4.78 is 0. The van der Waals surface area contributed by atoms with Gasteiger partial charge < -0.3 is 26.4 Å². The Morgan fingerprint density at radius 1 is 1.07 bits per heavy atom. The molecule has 0 saturated heterocycles. The van der Waals surface area contributed by atoms with Crippen LogP contribution in [0.2, 0.25) is 0 Å². The summed E-state index contributed by atoms with van der Waals surface area (Å²) in [4.78, 5) is 14.8. The summed E-state index contributed by atoms with van der Waals surface area (Å²) >= 11 is 0. The number of anilines is 1. The number of nitrogens with one attached hydrogen (secondary N) is 2. The van der Waals surface area contributed by atoms with Gasteiger partial charge in [0.15, 0.2) is 0 Å². The standard InChI is InChI=1S/C23H26N4O2/c24-22-15-27(19-7-2-1-3-8-19)21(14-25-22)16-5-4-6-17(13-16)23(29)26-18-9-11-20(28)12-10-18/h1-8,13-15,18,20,25,28H,9-12,24H2,(H,26,29). The molecule has 1 heterocycles. The van der Waals surface area contributed by atoms with E-state index in [1.807, 2.05) is 71.9 Å². The van der Waals surface area contributed by atoms with Crippen molar-refractivity contribution in [3.63, 3.8) is 0 Å². The van der Waals surface area contributed by atoms with Gasteiger partial charge in [-0.25, -0.2) is 0 Å². The molecule has 5 N–H and O–H groups in total. The highest BCUT2D eigenvalue weighted by Gasteiger charge is 2.22. The van der Waals surface area contributed by atoms with Crippen LogP contribution in [0.15, 0.2) is 72.8 Å². The van der Waals surface area contributed by atoms with Gasteiger partial charge in [-0.2, -0.15) is 0 Å². The van der Waals surface area contributed by atoms with Crippen molar-refractivity contribution < 1.29 is 9.90 Å². The van der Waals surface area contributed by atoms with Crippen LogP contribution < -0.4 is 21.3 Å². The average Bonchev–Trinajstić information content (AvgIpc) is 2.76. The molecule has 6 nitrogen and oxygen atoms in total. The highest BCUT2D eigenvalue weighted by Crippen LogP contribution is 2.29. The van der Waals surface area contributed by atoms with Gasteiger partial charge in [0.1, 0.15) is 5.82 Å². The first kappa shape index (κ1) is 19.1. The van der Waals surface area contributed by atoms with Gasteiger partial charge >= 0.3 is 0 Å². The zero-order valence-electron chi connectivity index (χ0n) is 16.2.